The molecule has 0 spiro atoms. The van der Waals surface area contributed by atoms with Gasteiger partial charge in [0.05, 0.1) is 16.3 Å². The summed E-state index contributed by atoms with van der Waals surface area (Å²) >= 11 is 0. The fourth-order valence-corrected chi connectivity index (χ4v) is 3.51. The lowest BCUT2D eigenvalue weighted by Crippen LogP contribution is -2.25. The number of benzene rings is 3. The van der Waals surface area contributed by atoms with Crippen LogP contribution in [0, 0.1) is 17.0 Å². The van der Waals surface area contributed by atoms with Crippen molar-refractivity contribution >= 4 is 35.0 Å². The number of nitrogens with zero attached hydrogens (tertiary/aromatic N) is 2. The molecule has 0 saturated carbocycles. The summed E-state index contributed by atoms with van der Waals surface area (Å²) in [4.78, 5) is 36.7. The maximum absolute atomic E-state index is 13.4. The second-order valence-electron chi connectivity index (χ2n) is 7.49. The molecule has 3 aromatic carbocycles. The van der Waals surface area contributed by atoms with Crippen LogP contribution in [0.2, 0.25) is 0 Å². The number of carboxylic acids is 1. The van der Waals surface area contributed by atoms with Gasteiger partial charge in [0.2, 0.25) is 0 Å². The average molecular weight is 442 g/mol. The van der Waals surface area contributed by atoms with Crippen molar-refractivity contribution in [1.29, 1.82) is 0 Å². The van der Waals surface area contributed by atoms with Gasteiger partial charge in [0.1, 0.15) is 11.3 Å². The van der Waals surface area contributed by atoms with Gasteiger partial charge in [0.15, 0.2) is 0 Å². The minimum atomic E-state index is -1.32. The molecule has 0 fully saturated rings. The van der Waals surface area contributed by atoms with Crippen LogP contribution in [0.5, 0.6) is 5.75 Å². The molecule has 4 rings (SSSR count). The van der Waals surface area contributed by atoms with E-state index in [-0.39, 0.29) is 16.9 Å². The van der Waals surface area contributed by atoms with Crippen LogP contribution < -0.4 is 4.90 Å². The first kappa shape index (κ1) is 21.5. The molecule has 0 aliphatic carbocycles. The van der Waals surface area contributed by atoms with Gasteiger partial charge < -0.3 is 10.2 Å². The smallest absolute Gasteiger partial charge is 0.339 e. The minimum absolute atomic E-state index is 0.0577. The number of hydrogen-bond acceptors (Lipinski definition) is 5. The van der Waals surface area contributed by atoms with Crippen LogP contribution in [0.4, 0.5) is 11.4 Å². The van der Waals surface area contributed by atoms with Gasteiger partial charge in [0.25, 0.3) is 11.6 Å². The van der Waals surface area contributed by atoms with Crippen LogP contribution in [-0.4, -0.2) is 27.0 Å². The maximum Gasteiger partial charge on any atom is 0.339 e. The number of carbonyl (C=O) groups is 2. The van der Waals surface area contributed by atoms with Crippen LogP contribution in [-0.2, 0) is 4.79 Å². The highest BCUT2D eigenvalue weighted by Crippen LogP contribution is 2.37. The first-order chi connectivity index (χ1) is 15.7. The fourth-order valence-electron chi connectivity index (χ4n) is 3.51. The molecule has 33 heavy (non-hydrogen) atoms. The Labute approximate surface area is 188 Å². The lowest BCUT2D eigenvalue weighted by atomic mass is 10.1. The summed E-state index contributed by atoms with van der Waals surface area (Å²) < 4.78 is 0. The summed E-state index contributed by atoms with van der Waals surface area (Å²) in [6, 6.07) is 17.3. The molecule has 8 nitrogen and oxygen atoms in total. The van der Waals surface area contributed by atoms with Gasteiger partial charge in [-0.05, 0) is 60.5 Å². The predicted octanol–water partition coefficient (Wildman–Crippen LogP) is 4.78. The van der Waals surface area contributed by atoms with E-state index in [4.69, 9.17) is 0 Å². The van der Waals surface area contributed by atoms with Crippen LogP contribution in [0.1, 0.15) is 27.0 Å². The van der Waals surface area contributed by atoms with Crippen molar-refractivity contribution in [3.63, 3.8) is 0 Å². The number of aromatic hydroxyl groups is 1. The highest BCUT2D eigenvalue weighted by atomic mass is 16.6. The SMILES string of the molecule is Cc1ccc(C2=C/C(=C\c3ccc([N+](=O)[O-])cc3)C(=O)N2c2ccc(O)c(C(=O)O)c2)cc1. The van der Waals surface area contributed by atoms with E-state index in [0.29, 0.717) is 16.8 Å². The van der Waals surface area contributed by atoms with E-state index >= 15 is 0 Å². The highest BCUT2D eigenvalue weighted by Gasteiger charge is 2.31. The molecule has 2 N–H and O–H groups in total. The molecule has 1 aliphatic heterocycles. The average Bonchev–Trinajstić information content (AvgIpc) is 3.10. The molecule has 8 heteroatoms. The largest absolute Gasteiger partial charge is 0.507 e. The van der Waals surface area contributed by atoms with Gasteiger partial charge in [-0.3, -0.25) is 19.8 Å². The van der Waals surface area contributed by atoms with Crippen molar-refractivity contribution < 1.29 is 24.7 Å². The zero-order valence-corrected chi connectivity index (χ0v) is 17.4. The van der Waals surface area contributed by atoms with Crippen LogP contribution >= 0.6 is 0 Å². The van der Waals surface area contributed by atoms with Crippen LogP contribution in [0.25, 0.3) is 11.8 Å². The van der Waals surface area contributed by atoms with Crippen molar-refractivity contribution in [1.82, 2.24) is 0 Å². The molecule has 0 aromatic heterocycles. The summed E-state index contributed by atoms with van der Waals surface area (Å²) in [6.45, 7) is 1.94. The van der Waals surface area contributed by atoms with Crippen molar-refractivity contribution in [2.45, 2.75) is 6.92 Å². The Morgan fingerprint density at radius 1 is 1.03 bits per heavy atom. The molecule has 3 aromatic rings. The number of amides is 1. The third-order valence-corrected chi connectivity index (χ3v) is 5.23. The number of rotatable bonds is 5. The zero-order chi connectivity index (χ0) is 23.7. The predicted molar refractivity (Wildman–Crippen MR) is 123 cm³/mol. The van der Waals surface area contributed by atoms with Gasteiger partial charge >= 0.3 is 5.97 Å². The Balaban J connectivity index is 1.82. The Bertz CT molecular complexity index is 1340. The molecular formula is C25H18N2O6. The van der Waals surface area contributed by atoms with E-state index < -0.39 is 22.5 Å². The third kappa shape index (κ3) is 4.22. The molecule has 0 radical (unpaired) electrons. The summed E-state index contributed by atoms with van der Waals surface area (Å²) in [6.07, 6.45) is 3.29. The van der Waals surface area contributed by atoms with Crippen molar-refractivity contribution in [2.75, 3.05) is 4.90 Å². The normalized spacial score (nSPS) is 14.5. The molecule has 164 valence electrons. The Morgan fingerprint density at radius 3 is 2.30 bits per heavy atom. The van der Waals surface area contributed by atoms with Crippen molar-refractivity contribution in [2.24, 2.45) is 0 Å². The van der Waals surface area contributed by atoms with Crippen molar-refractivity contribution in [3.8, 4) is 5.75 Å². The number of carboxylic acid groups (broad SMARTS) is 1. The standard InChI is InChI=1S/C25H18N2O6/c1-15-2-6-17(7-3-15)22-13-18(12-16-4-8-19(9-5-16)27(32)33)24(29)26(22)20-10-11-23(28)21(14-20)25(30)31/h2-14,28H,1H3,(H,30,31)/b18-12+. The fraction of sp³-hybridized carbons (Fsp3) is 0.0400. The van der Waals surface area contributed by atoms with E-state index in [2.05, 4.69) is 0 Å². The number of nitro groups is 1. The molecule has 0 saturated heterocycles. The molecular weight excluding hydrogens is 424 g/mol. The lowest BCUT2D eigenvalue weighted by molar-refractivity contribution is -0.384. The second kappa shape index (κ2) is 8.43. The summed E-state index contributed by atoms with van der Waals surface area (Å²) in [7, 11) is 0. The quantitative estimate of drug-likeness (QED) is 0.333. The third-order valence-electron chi connectivity index (χ3n) is 5.23. The van der Waals surface area contributed by atoms with E-state index in [9.17, 15) is 29.9 Å². The number of hydrogen-bond donors (Lipinski definition) is 2. The number of non-ortho nitro benzene ring substituents is 1. The zero-order valence-electron chi connectivity index (χ0n) is 17.4. The van der Waals surface area contributed by atoms with E-state index in [1.165, 1.54) is 35.2 Å². The second-order valence-corrected chi connectivity index (χ2v) is 7.49. The molecule has 0 atom stereocenters. The number of aromatic carboxylic acids is 1. The highest BCUT2D eigenvalue weighted by molar-refractivity contribution is 6.23. The minimum Gasteiger partial charge on any atom is -0.507 e. The number of carbonyl (C=O) groups excluding carboxylic acids is 1. The number of anilines is 1. The summed E-state index contributed by atoms with van der Waals surface area (Å²) in [5.74, 6) is -2.12. The molecule has 1 aliphatic rings. The van der Waals surface area contributed by atoms with Gasteiger partial charge in [-0.25, -0.2) is 4.79 Å². The van der Waals surface area contributed by atoms with Gasteiger partial charge in [-0.1, -0.05) is 29.8 Å². The number of phenols is 1. The van der Waals surface area contributed by atoms with E-state index in [1.54, 1.807) is 24.3 Å². The number of aryl methyl sites for hydroxylation is 1. The first-order valence-electron chi connectivity index (χ1n) is 9.90. The van der Waals surface area contributed by atoms with Crippen molar-refractivity contribution in [3.05, 3.63) is 111 Å². The summed E-state index contributed by atoms with van der Waals surface area (Å²) in [5.41, 5.74) is 3.14. The Morgan fingerprint density at radius 2 is 1.70 bits per heavy atom. The monoisotopic (exact) mass is 442 g/mol. The maximum atomic E-state index is 13.4. The van der Waals surface area contributed by atoms with Crippen LogP contribution in [0.15, 0.2) is 78.4 Å². The molecule has 1 heterocycles. The van der Waals surface area contributed by atoms with Gasteiger partial charge in [-0.2, -0.15) is 0 Å². The topological polar surface area (TPSA) is 121 Å². The summed E-state index contributed by atoms with van der Waals surface area (Å²) in [5, 5.41) is 30.2. The lowest BCUT2D eigenvalue weighted by Gasteiger charge is -2.21. The van der Waals surface area contributed by atoms with E-state index in [0.717, 1.165) is 11.1 Å². The Hall–Kier alpha value is -4.72. The van der Waals surface area contributed by atoms with Crippen LogP contribution in [0.3, 0.4) is 0 Å². The number of nitro benzene ring substituents is 1. The molecule has 0 unspecified atom stereocenters. The first-order valence-corrected chi connectivity index (χ1v) is 9.90. The Kier molecular flexibility index (Phi) is 5.49. The van der Waals surface area contributed by atoms with Gasteiger partial charge in [-0.15, -0.1) is 0 Å². The molecule has 1 amide bonds. The van der Waals surface area contributed by atoms with Gasteiger partial charge in [0, 0.05) is 17.7 Å². The van der Waals surface area contributed by atoms with E-state index in [1.807, 2.05) is 31.2 Å². The molecule has 0 bridgehead atoms.